The van der Waals surface area contributed by atoms with Gasteiger partial charge in [0.15, 0.2) is 0 Å². The normalized spacial score (nSPS) is 13.7. The van der Waals surface area contributed by atoms with Crippen LogP contribution in [0.2, 0.25) is 0 Å². The van der Waals surface area contributed by atoms with Crippen LogP contribution in [-0.2, 0) is 23.8 Å². The smallest absolute Gasteiger partial charge is 0.386 e. The topological polar surface area (TPSA) is 68.0 Å². The first kappa shape index (κ1) is 23.7. The molecule has 3 aromatic rings. The second-order valence-electron chi connectivity index (χ2n) is 8.01. The molecule has 0 amide bonds. The molecule has 5 nitrogen and oxygen atoms in total. The molecule has 2 atom stereocenters. The number of carbonyl (C=O) groups excluding carboxylic acids is 1. The Balaban J connectivity index is 1.65. The molecule has 3 rings (SSSR count). The Morgan fingerprint density at radius 1 is 1.09 bits per heavy atom. The zero-order valence-electron chi connectivity index (χ0n) is 18.0. The highest BCUT2D eigenvalue weighted by Crippen LogP contribution is 2.32. The van der Waals surface area contributed by atoms with E-state index in [0.29, 0.717) is 16.9 Å². The molecule has 1 N–H and O–H groups in total. The van der Waals surface area contributed by atoms with Gasteiger partial charge in [-0.05, 0) is 41.7 Å². The quantitative estimate of drug-likeness (QED) is 0.497. The third kappa shape index (κ3) is 5.82. The lowest BCUT2D eigenvalue weighted by Crippen LogP contribution is -2.13. The molecule has 0 fully saturated rings. The van der Waals surface area contributed by atoms with Gasteiger partial charge in [-0.1, -0.05) is 55.8 Å². The number of hydrogen-bond acceptors (Lipinski definition) is 4. The number of aliphatic hydroxyl groups excluding tert-OH is 1. The number of hydrogen-bond donors (Lipinski definition) is 1. The second kappa shape index (κ2) is 10.1. The number of ketones is 1. The van der Waals surface area contributed by atoms with Gasteiger partial charge in [0.2, 0.25) is 0 Å². The van der Waals surface area contributed by atoms with E-state index >= 15 is 0 Å². The predicted molar refractivity (Wildman–Crippen MR) is 114 cm³/mol. The second-order valence-corrected chi connectivity index (χ2v) is 8.01. The van der Waals surface area contributed by atoms with Crippen LogP contribution in [-0.4, -0.2) is 25.9 Å². The van der Waals surface area contributed by atoms with Crippen LogP contribution in [0.25, 0.3) is 5.69 Å². The molecular formula is C24H26F3N3O2. The summed E-state index contributed by atoms with van der Waals surface area (Å²) in [6.07, 6.45) is -1.92. The summed E-state index contributed by atoms with van der Waals surface area (Å²) in [5.74, 6) is -0.230. The van der Waals surface area contributed by atoms with Gasteiger partial charge in [0.05, 0.1) is 17.4 Å². The number of aliphatic hydroxyl groups is 1. The minimum atomic E-state index is -4.49. The van der Waals surface area contributed by atoms with Gasteiger partial charge in [0.1, 0.15) is 17.6 Å². The van der Waals surface area contributed by atoms with Crippen LogP contribution >= 0.6 is 0 Å². The molecule has 0 saturated carbocycles. The third-order valence-electron chi connectivity index (χ3n) is 5.41. The highest BCUT2D eigenvalue weighted by Gasteiger charge is 2.33. The maximum Gasteiger partial charge on any atom is 0.416 e. The number of carbonyl (C=O) groups is 1. The number of rotatable bonds is 9. The van der Waals surface area contributed by atoms with Crippen molar-refractivity contribution < 1.29 is 23.1 Å². The van der Waals surface area contributed by atoms with Crippen LogP contribution in [0, 0.1) is 5.92 Å². The minimum Gasteiger partial charge on any atom is -0.386 e. The summed E-state index contributed by atoms with van der Waals surface area (Å²) in [6, 6.07) is 12.1. The molecule has 2 aromatic carbocycles. The van der Waals surface area contributed by atoms with E-state index in [1.165, 1.54) is 18.2 Å². The summed E-state index contributed by atoms with van der Waals surface area (Å²) in [7, 11) is 0. The minimum absolute atomic E-state index is 0.0207. The molecule has 1 heterocycles. The lowest BCUT2D eigenvalue weighted by Gasteiger charge is -2.15. The molecular weight excluding hydrogens is 419 g/mol. The fourth-order valence-corrected chi connectivity index (χ4v) is 3.66. The van der Waals surface area contributed by atoms with Crippen LogP contribution in [0.4, 0.5) is 13.2 Å². The average Bonchev–Trinajstić information content (AvgIpc) is 3.23. The zero-order chi connectivity index (χ0) is 23.3. The average molecular weight is 445 g/mol. The molecule has 0 aliphatic carbocycles. The lowest BCUT2D eigenvalue weighted by atomic mass is 9.97. The molecule has 0 spiro atoms. The first-order chi connectivity index (χ1) is 15.2. The summed E-state index contributed by atoms with van der Waals surface area (Å²) in [5, 5.41) is 18.5. The number of aromatic nitrogens is 3. The first-order valence-corrected chi connectivity index (χ1v) is 10.6. The van der Waals surface area contributed by atoms with Gasteiger partial charge in [-0.2, -0.15) is 13.2 Å². The molecule has 2 unspecified atom stereocenters. The van der Waals surface area contributed by atoms with E-state index in [4.69, 9.17) is 0 Å². The van der Waals surface area contributed by atoms with Crippen molar-refractivity contribution in [3.63, 3.8) is 0 Å². The Morgan fingerprint density at radius 3 is 2.44 bits per heavy atom. The highest BCUT2D eigenvalue weighted by atomic mass is 19.4. The molecule has 0 saturated heterocycles. The van der Waals surface area contributed by atoms with Crippen molar-refractivity contribution in [3.05, 3.63) is 77.1 Å². The lowest BCUT2D eigenvalue weighted by molar-refractivity contribution is -0.138. The fourth-order valence-electron chi connectivity index (χ4n) is 3.66. The summed E-state index contributed by atoms with van der Waals surface area (Å²) < 4.78 is 40.9. The zero-order valence-corrected chi connectivity index (χ0v) is 18.0. The number of nitrogens with zero attached hydrogens (tertiary/aromatic N) is 3. The first-order valence-electron chi connectivity index (χ1n) is 10.6. The van der Waals surface area contributed by atoms with Crippen molar-refractivity contribution in [1.82, 2.24) is 15.0 Å². The Bertz CT molecular complexity index is 1050. The van der Waals surface area contributed by atoms with Gasteiger partial charge in [0.25, 0.3) is 0 Å². The van der Waals surface area contributed by atoms with Crippen molar-refractivity contribution in [2.45, 2.75) is 51.8 Å². The Labute approximate surface area is 184 Å². The summed E-state index contributed by atoms with van der Waals surface area (Å²) in [6.45, 7) is 4.02. The van der Waals surface area contributed by atoms with E-state index < -0.39 is 17.8 Å². The molecule has 170 valence electrons. The monoisotopic (exact) mass is 445 g/mol. The summed E-state index contributed by atoms with van der Waals surface area (Å²) >= 11 is 0. The van der Waals surface area contributed by atoms with Crippen molar-refractivity contribution >= 4 is 5.78 Å². The van der Waals surface area contributed by atoms with Gasteiger partial charge < -0.3 is 5.11 Å². The van der Waals surface area contributed by atoms with Gasteiger partial charge in [-0.25, -0.2) is 4.68 Å². The van der Waals surface area contributed by atoms with E-state index in [-0.39, 0.29) is 30.1 Å². The van der Waals surface area contributed by atoms with E-state index in [0.717, 1.165) is 18.9 Å². The Morgan fingerprint density at radius 2 is 1.78 bits per heavy atom. The van der Waals surface area contributed by atoms with E-state index in [2.05, 4.69) is 17.2 Å². The molecule has 1 aromatic heterocycles. The van der Waals surface area contributed by atoms with Crippen LogP contribution in [0.3, 0.4) is 0 Å². The van der Waals surface area contributed by atoms with Gasteiger partial charge in [-0.15, -0.1) is 5.10 Å². The van der Waals surface area contributed by atoms with Crippen LogP contribution in [0.1, 0.15) is 55.2 Å². The fraction of sp³-hybridized carbons (Fsp3) is 0.375. The Hall–Kier alpha value is -3.00. The van der Waals surface area contributed by atoms with Crippen molar-refractivity contribution in [2.75, 3.05) is 0 Å². The maximum atomic E-state index is 13.1. The SMILES string of the molecule is CCCC(C)C(O)c1cn(-c2ccc(CC(=O)Cc3ccccc3C(F)(F)F)cc2)nn1. The molecule has 8 heteroatoms. The van der Waals surface area contributed by atoms with Gasteiger partial charge in [-0.3, -0.25) is 4.79 Å². The van der Waals surface area contributed by atoms with Gasteiger partial charge in [0, 0.05) is 12.8 Å². The predicted octanol–water partition coefficient (Wildman–Crippen LogP) is 5.11. The van der Waals surface area contributed by atoms with E-state index in [1.54, 1.807) is 35.1 Å². The number of Topliss-reactive ketones (excluding diaryl/α,β-unsaturated/α-hetero) is 1. The molecule has 0 radical (unpaired) electrons. The van der Waals surface area contributed by atoms with Crippen LogP contribution < -0.4 is 0 Å². The van der Waals surface area contributed by atoms with Crippen molar-refractivity contribution in [3.8, 4) is 5.69 Å². The van der Waals surface area contributed by atoms with E-state index in [9.17, 15) is 23.1 Å². The maximum absolute atomic E-state index is 13.1. The van der Waals surface area contributed by atoms with Crippen molar-refractivity contribution in [2.24, 2.45) is 5.92 Å². The number of halogens is 3. The largest absolute Gasteiger partial charge is 0.416 e. The number of alkyl halides is 3. The van der Waals surface area contributed by atoms with E-state index in [1.807, 2.05) is 6.92 Å². The number of benzene rings is 2. The third-order valence-corrected chi connectivity index (χ3v) is 5.41. The molecule has 32 heavy (non-hydrogen) atoms. The molecule has 0 aliphatic heterocycles. The Kier molecular flexibility index (Phi) is 7.45. The molecule has 0 bridgehead atoms. The van der Waals surface area contributed by atoms with Gasteiger partial charge >= 0.3 is 6.18 Å². The summed E-state index contributed by atoms with van der Waals surface area (Å²) in [4.78, 5) is 12.4. The molecule has 0 aliphatic rings. The van der Waals surface area contributed by atoms with Crippen molar-refractivity contribution in [1.29, 1.82) is 0 Å². The highest BCUT2D eigenvalue weighted by molar-refractivity contribution is 5.83. The van der Waals surface area contributed by atoms with Crippen LogP contribution in [0.15, 0.2) is 54.7 Å². The summed E-state index contributed by atoms with van der Waals surface area (Å²) in [5.41, 5.74) is 1.10. The standard InChI is InChI=1S/C24H26F3N3O2/c1-3-6-16(2)23(32)22-15-30(29-28-22)19-11-9-17(10-12-19)13-20(31)14-18-7-4-5-8-21(18)24(25,26)27/h4-5,7-12,15-16,23,32H,3,6,13-14H2,1-2H3. The van der Waals surface area contributed by atoms with Crippen LogP contribution in [0.5, 0.6) is 0 Å².